The molecule has 0 bridgehead atoms. The van der Waals surface area contributed by atoms with E-state index in [9.17, 15) is 50.7 Å². The molecule has 0 saturated heterocycles. The number of fused-ring (bicyclic) bond motifs is 1. The van der Waals surface area contributed by atoms with Crippen LogP contribution in [-0.4, -0.2) is 68.6 Å². The van der Waals surface area contributed by atoms with Gasteiger partial charge in [0.15, 0.2) is 0 Å². The molecular formula is C10H2BaN4O10. The third kappa shape index (κ3) is 3.33. The van der Waals surface area contributed by atoms with Crippen LogP contribution in [0.15, 0.2) is 12.1 Å². The molecule has 0 radical (unpaired) electrons. The van der Waals surface area contributed by atoms with Crippen molar-refractivity contribution in [2.75, 3.05) is 0 Å². The predicted octanol–water partition coefficient (Wildman–Crippen LogP) is 0.239. The van der Waals surface area contributed by atoms with E-state index in [1.165, 1.54) is 0 Å². The van der Waals surface area contributed by atoms with E-state index in [0.717, 1.165) is 0 Å². The Morgan fingerprint density at radius 1 is 0.560 bits per heavy atom. The number of nitrogens with zero attached hydrogens (tertiary/aromatic N) is 4. The van der Waals surface area contributed by atoms with Crippen LogP contribution in [0.3, 0.4) is 0 Å². The van der Waals surface area contributed by atoms with Gasteiger partial charge in [0.05, 0.1) is 42.6 Å². The van der Waals surface area contributed by atoms with Crippen molar-refractivity contribution in [3.05, 3.63) is 52.6 Å². The van der Waals surface area contributed by atoms with Gasteiger partial charge in [-0.1, -0.05) is 0 Å². The zero-order chi connectivity index (χ0) is 18.3. The van der Waals surface area contributed by atoms with E-state index in [-0.39, 0.29) is 61.0 Å². The van der Waals surface area contributed by atoms with Crippen LogP contribution in [0.25, 0.3) is 10.8 Å². The van der Waals surface area contributed by atoms with Gasteiger partial charge in [-0.25, -0.2) is 0 Å². The zero-order valence-electron chi connectivity index (χ0n) is 11.7. The molecule has 0 amide bonds. The van der Waals surface area contributed by atoms with Crippen LogP contribution in [0.1, 0.15) is 0 Å². The Labute approximate surface area is 175 Å². The Bertz CT molecular complexity index is 882. The van der Waals surface area contributed by atoms with Crippen LogP contribution < -0.4 is 10.2 Å². The topological polar surface area (TPSA) is 219 Å². The number of hydrogen-bond acceptors (Lipinski definition) is 10. The average molecular weight is 475 g/mol. The minimum Gasteiger partial charge on any atom is -0.867 e. The smallest absolute Gasteiger partial charge is 0.867 e. The van der Waals surface area contributed by atoms with Gasteiger partial charge in [0.2, 0.25) is 0 Å². The summed E-state index contributed by atoms with van der Waals surface area (Å²) in [6.45, 7) is 0. The van der Waals surface area contributed by atoms with E-state index in [1.807, 2.05) is 0 Å². The summed E-state index contributed by atoms with van der Waals surface area (Å²) in [6.07, 6.45) is 0. The predicted molar refractivity (Wildman–Crippen MR) is 75.2 cm³/mol. The molecule has 0 unspecified atom stereocenters. The van der Waals surface area contributed by atoms with Gasteiger partial charge in [-0.2, -0.15) is 0 Å². The molecule has 0 N–H and O–H groups in total. The molecule has 0 spiro atoms. The molecule has 0 fully saturated rings. The summed E-state index contributed by atoms with van der Waals surface area (Å²) in [5, 5.41) is 65.3. The van der Waals surface area contributed by atoms with Crippen molar-refractivity contribution in [3.63, 3.8) is 0 Å². The quantitative estimate of drug-likeness (QED) is 0.333. The van der Waals surface area contributed by atoms with Gasteiger partial charge in [0.1, 0.15) is 0 Å². The molecular weight excluding hydrogens is 473 g/mol. The summed E-state index contributed by atoms with van der Waals surface area (Å²) < 4.78 is 0. The van der Waals surface area contributed by atoms with Gasteiger partial charge in [0, 0.05) is 0 Å². The Morgan fingerprint density at radius 3 is 1.00 bits per heavy atom. The summed E-state index contributed by atoms with van der Waals surface area (Å²) in [6, 6.07) is 0.277. The Morgan fingerprint density at radius 2 is 0.800 bits per heavy atom. The van der Waals surface area contributed by atoms with Gasteiger partial charge < -0.3 is 10.2 Å². The summed E-state index contributed by atoms with van der Waals surface area (Å²) >= 11 is 0. The maximum absolute atomic E-state index is 12.0. The van der Waals surface area contributed by atoms with Crippen molar-refractivity contribution in [1.29, 1.82) is 0 Å². The average Bonchev–Trinajstić information content (AvgIpc) is 2.46. The summed E-state index contributed by atoms with van der Waals surface area (Å²) in [7, 11) is 0. The molecule has 15 heteroatoms. The van der Waals surface area contributed by atoms with Gasteiger partial charge in [-0.05, 0) is 11.5 Å². The normalized spacial score (nSPS) is 10.1. The number of nitro groups is 4. The van der Waals surface area contributed by atoms with Gasteiger partial charge >= 0.3 is 48.9 Å². The summed E-state index contributed by atoms with van der Waals surface area (Å²) in [4.78, 5) is 38.4. The molecule has 14 nitrogen and oxygen atoms in total. The first-order valence-corrected chi connectivity index (χ1v) is 5.67. The number of nitro benzene ring substituents is 4. The molecule has 0 heterocycles. The van der Waals surface area contributed by atoms with E-state index < -0.39 is 64.7 Å². The minimum atomic E-state index is -1.63. The van der Waals surface area contributed by atoms with Crippen LogP contribution in [-0.2, 0) is 0 Å². The molecule has 0 saturated carbocycles. The number of non-ortho nitro benzene ring substituents is 2. The fraction of sp³-hybridized carbons (Fsp3) is 0. The second-order valence-electron chi connectivity index (χ2n) is 4.27. The van der Waals surface area contributed by atoms with Crippen molar-refractivity contribution >= 4 is 82.4 Å². The summed E-state index contributed by atoms with van der Waals surface area (Å²) in [5.74, 6) is -3.25. The van der Waals surface area contributed by atoms with Crippen LogP contribution in [0.4, 0.5) is 22.7 Å². The monoisotopic (exact) mass is 476 g/mol. The molecule has 25 heavy (non-hydrogen) atoms. The molecule has 2 aromatic carbocycles. The Kier molecular flexibility index (Phi) is 5.87. The maximum Gasteiger partial charge on any atom is 2.00 e. The van der Waals surface area contributed by atoms with E-state index in [4.69, 9.17) is 0 Å². The first kappa shape index (κ1) is 20.5. The van der Waals surface area contributed by atoms with E-state index >= 15 is 0 Å². The molecule has 0 aromatic heterocycles. The molecule has 0 atom stereocenters. The maximum atomic E-state index is 12.0. The van der Waals surface area contributed by atoms with Crippen molar-refractivity contribution in [3.8, 4) is 11.5 Å². The second kappa shape index (κ2) is 7.15. The number of hydrogen-bond donors (Lipinski definition) is 0. The third-order valence-electron chi connectivity index (χ3n) is 3.02. The van der Waals surface area contributed by atoms with Crippen LogP contribution >= 0.6 is 0 Å². The van der Waals surface area contributed by atoms with Crippen molar-refractivity contribution in [2.24, 2.45) is 0 Å². The van der Waals surface area contributed by atoms with E-state index in [1.54, 1.807) is 0 Å². The standard InChI is InChI=1S/C10H4N4O10.Ba/c15-9-5(13(21)22)1-3(11(17)18)7-8(9)4(12(19)20)2-6(10(7)16)14(23)24;/h1-2,15-16H;/q;+2/p-2. The van der Waals surface area contributed by atoms with E-state index in [0.29, 0.717) is 0 Å². The third-order valence-corrected chi connectivity index (χ3v) is 3.02. The molecule has 0 aliphatic rings. The number of benzene rings is 2. The molecule has 0 aliphatic heterocycles. The van der Waals surface area contributed by atoms with Crippen LogP contribution in [0, 0.1) is 40.5 Å². The second-order valence-corrected chi connectivity index (χ2v) is 4.27. The van der Waals surface area contributed by atoms with Gasteiger partial charge in [-0.3, -0.25) is 40.5 Å². The fourth-order valence-corrected chi connectivity index (χ4v) is 2.07. The first-order valence-electron chi connectivity index (χ1n) is 5.67. The largest absolute Gasteiger partial charge is 2.00 e. The Balaban J connectivity index is 0.00000312. The number of rotatable bonds is 4. The van der Waals surface area contributed by atoms with E-state index in [2.05, 4.69) is 0 Å². The molecule has 2 aromatic rings. The Hall–Kier alpha value is -2.53. The molecule has 0 aliphatic carbocycles. The zero-order valence-corrected chi connectivity index (χ0v) is 16.2. The molecule has 2 rings (SSSR count). The minimum absolute atomic E-state index is 0. The van der Waals surface area contributed by atoms with Crippen molar-refractivity contribution < 1.29 is 29.9 Å². The van der Waals surface area contributed by atoms with Crippen molar-refractivity contribution in [2.45, 2.75) is 0 Å². The summed E-state index contributed by atoms with van der Waals surface area (Å²) in [5.41, 5.74) is -5.36. The van der Waals surface area contributed by atoms with Gasteiger partial charge in [0.25, 0.3) is 22.7 Å². The molecule has 124 valence electrons. The van der Waals surface area contributed by atoms with Crippen molar-refractivity contribution in [1.82, 2.24) is 0 Å². The SMILES string of the molecule is O=[N+]([O-])c1cc([N+](=O)[O-])c2c([O-])c([N+](=O)[O-])cc([N+](=O)[O-])c2c1[O-].[Ba+2]. The van der Waals surface area contributed by atoms with Crippen LogP contribution in [0.2, 0.25) is 0 Å². The fourth-order valence-electron chi connectivity index (χ4n) is 2.07. The van der Waals surface area contributed by atoms with Gasteiger partial charge in [-0.15, -0.1) is 0 Å². The van der Waals surface area contributed by atoms with Crippen LogP contribution in [0.5, 0.6) is 11.5 Å². The first-order chi connectivity index (χ1) is 11.1.